The fraction of sp³-hybridized carbons (Fsp3) is 0.458. The van der Waals surface area contributed by atoms with Crippen LogP contribution in [-0.4, -0.2) is 67.7 Å². The smallest absolute Gasteiger partial charge is 0.377 e. The van der Waals surface area contributed by atoms with E-state index in [1.165, 1.54) is 12.1 Å². The lowest BCUT2D eigenvalue weighted by atomic mass is 9.83. The van der Waals surface area contributed by atoms with Crippen LogP contribution < -0.4 is 9.80 Å². The van der Waals surface area contributed by atoms with Gasteiger partial charge in [-0.15, -0.1) is 0 Å². The Balaban J connectivity index is 1.32. The second kappa shape index (κ2) is 9.03. The molecule has 0 aromatic heterocycles. The van der Waals surface area contributed by atoms with Gasteiger partial charge in [-0.2, -0.15) is 13.2 Å². The molecular weight excluding hydrogens is 465 g/mol. The van der Waals surface area contributed by atoms with E-state index in [-0.39, 0.29) is 17.6 Å². The van der Waals surface area contributed by atoms with Gasteiger partial charge in [0.2, 0.25) is 5.91 Å². The summed E-state index contributed by atoms with van der Waals surface area (Å²) < 4.78 is 45.0. The first-order valence-electron chi connectivity index (χ1n) is 11.5. The van der Waals surface area contributed by atoms with Crippen molar-refractivity contribution in [3.05, 3.63) is 63.7 Å². The van der Waals surface area contributed by atoms with E-state index >= 15 is 0 Å². The van der Waals surface area contributed by atoms with Crippen LogP contribution in [0, 0.1) is 16.0 Å². The summed E-state index contributed by atoms with van der Waals surface area (Å²) in [5.74, 6) is -0.462. The minimum atomic E-state index is -4.41. The number of nitrogens with zero attached hydrogens (tertiary/aromatic N) is 4. The number of nitro benzene ring substituents is 1. The number of anilines is 2. The Morgan fingerprint density at radius 1 is 1.06 bits per heavy atom. The Morgan fingerprint density at radius 2 is 1.83 bits per heavy atom. The van der Waals surface area contributed by atoms with Gasteiger partial charge in [0, 0.05) is 56.2 Å². The second-order valence-corrected chi connectivity index (χ2v) is 9.08. The fourth-order valence-electron chi connectivity index (χ4n) is 5.31. The molecule has 0 spiro atoms. The van der Waals surface area contributed by atoms with Crippen LogP contribution in [-0.2, 0) is 22.1 Å². The van der Waals surface area contributed by atoms with E-state index in [2.05, 4.69) is 4.90 Å². The summed E-state index contributed by atoms with van der Waals surface area (Å²) in [4.78, 5) is 30.2. The van der Waals surface area contributed by atoms with Crippen molar-refractivity contribution in [2.45, 2.75) is 18.6 Å². The average molecular weight is 490 g/mol. The number of nitro groups is 1. The van der Waals surface area contributed by atoms with Crippen LogP contribution in [0.2, 0.25) is 0 Å². The average Bonchev–Trinajstić information content (AvgIpc) is 2.87. The molecule has 2 atom stereocenters. The lowest BCUT2D eigenvalue weighted by Crippen LogP contribution is -2.59. The number of amides is 1. The van der Waals surface area contributed by atoms with Crippen LogP contribution in [0.5, 0.6) is 0 Å². The van der Waals surface area contributed by atoms with Gasteiger partial charge in [-0.3, -0.25) is 14.9 Å². The van der Waals surface area contributed by atoms with Crippen LogP contribution in [0.15, 0.2) is 42.5 Å². The minimum Gasteiger partial charge on any atom is -0.377 e. The first kappa shape index (κ1) is 23.4. The van der Waals surface area contributed by atoms with Crippen molar-refractivity contribution in [1.29, 1.82) is 0 Å². The third-order valence-electron chi connectivity index (χ3n) is 7.10. The number of morpholine rings is 1. The highest BCUT2D eigenvalue weighted by molar-refractivity contribution is 5.82. The van der Waals surface area contributed by atoms with Gasteiger partial charge in [-0.05, 0) is 36.2 Å². The van der Waals surface area contributed by atoms with Crippen LogP contribution in [0.25, 0.3) is 0 Å². The molecule has 0 radical (unpaired) electrons. The lowest BCUT2D eigenvalue weighted by Gasteiger charge is -2.47. The van der Waals surface area contributed by atoms with Crippen molar-refractivity contribution < 1.29 is 27.6 Å². The Labute approximate surface area is 200 Å². The van der Waals surface area contributed by atoms with Gasteiger partial charge in [0.15, 0.2) is 0 Å². The molecule has 0 N–H and O–H groups in total. The van der Waals surface area contributed by atoms with Crippen molar-refractivity contribution in [2.75, 3.05) is 55.7 Å². The predicted molar refractivity (Wildman–Crippen MR) is 122 cm³/mol. The lowest BCUT2D eigenvalue weighted by molar-refractivity contribution is -0.384. The molecule has 0 bridgehead atoms. The van der Waals surface area contributed by atoms with Crippen molar-refractivity contribution in [1.82, 2.24) is 4.90 Å². The van der Waals surface area contributed by atoms with E-state index in [1.54, 1.807) is 23.1 Å². The van der Waals surface area contributed by atoms with Crippen LogP contribution in [0.4, 0.5) is 30.2 Å². The van der Waals surface area contributed by atoms with Crippen molar-refractivity contribution >= 4 is 23.0 Å². The standard InChI is InChI=1S/C24H25F3N4O4/c25-24(26,27)17-2-1-3-18(14-17)28-6-8-29(9-7-28)23(32)20-13-16-12-19(31(33)34)4-5-21(16)30-10-11-35-15-22(20)30/h1-5,12,14,20,22H,6-11,13,15H2/t20-,22+/m0/s1. The second-order valence-electron chi connectivity index (χ2n) is 9.08. The van der Waals surface area contributed by atoms with E-state index in [0.29, 0.717) is 58.0 Å². The number of rotatable bonds is 3. The number of ether oxygens (including phenoxy) is 1. The predicted octanol–water partition coefficient (Wildman–Crippen LogP) is 3.34. The summed E-state index contributed by atoms with van der Waals surface area (Å²) in [5, 5.41) is 11.3. The highest BCUT2D eigenvalue weighted by atomic mass is 19.4. The summed E-state index contributed by atoms with van der Waals surface area (Å²) in [5.41, 5.74) is 1.47. The molecule has 0 saturated carbocycles. The molecule has 0 aliphatic carbocycles. The maximum Gasteiger partial charge on any atom is 0.416 e. The zero-order valence-corrected chi connectivity index (χ0v) is 18.9. The number of non-ortho nitro benzene ring substituents is 1. The molecule has 1 amide bonds. The van der Waals surface area contributed by atoms with E-state index in [1.807, 2.05) is 4.90 Å². The maximum absolute atomic E-state index is 13.6. The van der Waals surface area contributed by atoms with Gasteiger partial charge in [-0.1, -0.05) is 6.07 Å². The topological polar surface area (TPSA) is 79.2 Å². The molecule has 5 rings (SSSR count). The van der Waals surface area contributed by atoms with Gasteiger partial charge in [0.25, 0.3) is 5.69 Å². The largest absolute Gasteiger partial charge is 0.416 e. The third-order valence-corrected chi connectivity index (χ3v) is 7.10. The molecule has 3 heterocycles. The van der Waals surface area contributed by atoms with Crippen molar-refractivity contribution in [3.8, 4) is 0 Å². The van der Waals surface area contributed by atoms with E-state index in [0.717, 1.165) is 23.4 Å². The Kier molecular flexibility index (Phi) is 6.04. The van der Waals surface area contributed by atoms with Crippen LogP contribution in [0.1, 0.15) is 11.1 Å². The van der Waals surface area contributed by atoms with Crippen molar-refractivity contribution in [2.24, 2.45) is 5.92 Å². The molecule has 35 heavy (non-hydrogen) atoms. The number of alkyl halides is 3. The zero-order valence-electron chi connectivity index (χ0n) is 18.9. The van der Waals surface area contributed by atoms with Gasteiger partial charge in [0.1, 0.15) is 0 Å². The molecule has 3 aliphatic rings. The normalized spacial score (nSPS) is 22.4. The number of carbonyl (C=O) groups is 1. The van der Waals surface area contributed by atoms with Crippen molar-refractivity contribution in [3.63, 3.8) is 0 Å². The quantitative estimate of drug-likeness (QED) is 0.485. The molecule has 11 heteroatoms. The number of carbonyl (C=O) groups excluding carboxylic acids is 1. The molecule has 2 saturated heterocycles. The number of piperazine rings is 1. The van der Waals surface area contributed by atoms with E-state index < -0.39 is 22.6 Å². The molecule has 2 aromatic carbocycles. The summed E-state index contributed by atoms with van der Waals surface area (Å²) >= 11 is 0. The monoisotopic (exact) mass is 490 g/mol. The van der Waals surface area contributed by atoms with Gasteiger partial charge in [0.05, 0.1) is 35.7 Å². The molecule has 186 valence electrons. The molecular formula is C24H25F3N4O4. The van der Waals surface area contributed by atoms with Gasteiger partial charge in [-0.25, -0.2) is 0 Å². The number of fused-ring (bicyclic) bond motifs is 3. The first-order chi connectivity index (χ1) is 16.7. The van der Waals surface area contributed by atoms with Gasteiger partial charge >= 0.3 is 6.18 Å². The van der Waals surface area contributed by atoms with Crippen LogP contribution in [0.3, 0.4) is 0 Å². The number of benzene rings is 2. The SMILES string of the molecule is O=C([C@H]1Cc2cc([N+](=O)[O-])ccc2N2CCOC[C@H]12)N1CCN(c2cccc(C(F)(F)F)c2)CC1. The van der Waals surface area contributed by atoms with E-state index in [4.69, 9.17) is 4.74 Å². The Bertz CT molecular complexity index is 1130. The minimum absolute atomic E-state index is 0.00337. The van der Waals surface area contributed by atoms with E-state index in [9.17, 15) is 28.1 Å². The third kappa shape index (κ3) is 4.52. The molecule has 2 fully saturated rings. The fourth-order valence-corrected chi connectivity index (χ4v) is 5.31. The number of hydrogen-bond donors (Lipinski definition) is 0. The summed E-state index contributed by atoms with van der Waals surface area (Å²) in [7, 11) is 0. The molecule has 3 aliphatic heterocycles. The molecule has 8 nitrogen and oxygen atoms in total. The number of hydrogen-bond acceptors (Lipinski definition) is 6. The Hall–Kier alpha value is -3.34. The van der Waals surface area contributed by atoms with Gasteiger partial charge < -0.3 is 19.4 Å². The summed E-state index contributed by atoms with van der Waals surface area (Å²) in [6.45, 7) is 3.14. The molecule has 0 unspecified atom stereocenters. The zero-order chi connectivity index (χ0) is 24.7. The highest BCUT2D eigenvalue weighted by Gasteiger charge is 2.42. The maximum atomic E-state index is 13.6. The number of halogens is 3. The summed E-state index contributed by atoms with van der Waals surface area (Å²) in [6, 6.07) is 9.85. The van der Waals surface area contributed by atoms with Crippen LogP contribution >= 0.6 is 0 Å². The Morgan fingerprint density at radius 3 is 2.54 bits per heavy atom. The summed E-state index contributed by atoms with van der Waals surface area (Å²) in [6.07, 6.45) is -4.03. The highest BCUT2D eigenvalue weighted by Crippen LogP contribution is 2.38. The molecule has 2 aromatic rings. The first-order valence-corrected chi connectivity index (χ1v) is 11.5.